The van der Waals surface area contributed by atoms with E-state index in [2.05, 4.69) is 25.8 Å². The minimum atomic E-state index is -0.710. The molecule has 0 atom stereocenters. The van der Waals surface area contributed by atoms with Crippen molar-refractivity contribution in [3.8, 4) is 0 Å². The quantitative estimate of drug-likeness (QED) is 0.477. The Kier molecular flexibility index (Phi) is 3.66. The summed E-state index contributed by atoms with van der Waals surface area (Å²) in [7, 11) is 0. The highest BCUT2D eigenvalue weighted by Crippen LogP contribution is 2.39. The molecule has 11 nitrogen and oxygen atoms in total. The van der Waals surface area contributed by atoms with Crippen molar-refractivity contribution in [2.75, 3.05) is 10.9 Å². The third-order valence-corrected chi connectivity index (χ3v) is 3.21. The SMILES string of the molecule is Cc1nc2c([N+](=O)[O-])c(NNc3ccccn3)c([N+](=O)[O-])cc2[nH]1. The molecule has 0 radical (unpaired) electrons. The van der Waals surface area contributed by atoms with Gasteiger partial charge in [-0.25, -0.2) is 9.97 Å². The van der Waals surface area contributed by atoms with Crippen LogP contribution in [0, 0.1) is 27.2 Å². The number of fused-ring (bicyclic) bond motifs is 1. The van der Waals surface area contributed by atoms with Crippen LogP contribution in [0.5, 0.6) is 0 Å². The maximum absolute atomic E-state index is 11.5. The Morgan fingerprint density at radius 1 is 1.17 bits per heavy atom. The molecule has 1 aromatic carbocycles. The van der Waals surface area contributed by atoms with Crippen molar-refractivity contribution in [3.05, 3.63) is 56.5 Å². The van der Waals surface area contributed by atoms with E-state index in [0.717, 1.165) is 0 Å². The van der Waals surface area contributed by atoms with Crippen LogP contribution in [0.25, 0.3) is 11.0 Å². The van der Waals surface area contributed by atoms with Gasteiger partial charge in [0.1, 0.15) is 11.6 Å². The molecule has 0 amide bonds. The molecule has 0 bridgehead atoms. The number of nitro groups is 2. The Morgan fingerprint density at radius 3 is 2.58 bits per heavy atom. The first kappa shape index (κ1) is 15.1. The van der Waals surface area contributed by atoms with Gasteiger partial charge in [0.15, 0.2) is 5.52 Å². The molecular weight excluding hydrogens is 318 g/mol. The number of hydrazine groups is 1. The van der Waals surface area contributed by atoms with Gasteiger partial charge in [-0.2, -0.15) is 0 Å². The third kappa shape index (κ3) is 2.65. The van der Waals surface area contributed by atoms with E-state index in [1.165, 1.54) is 12.3 Å². The number of nitro benzene ring substituents is 2. The molecule has 0 spiro atoms. The highest BCUT2D eigenvalue weighted by atomic mass is 16.6. The van der Waals surface area contributed by atoms with Gasteiger partial charge in [-0.05, 0) is 19.1 Å². The van der Waals surface area contributed by atoms with Crippen LogP contribution in [-0.4, -0.2) is 24.8 Å². The molecule has 2 heterocycles. The largest absolute Gasteiger partial charge is 0.342 e. The number of pyridine rings is 1. The van der Waals surface area contributed by atoms with E-state index in [0.29, 0.717) is 11.6 Å². The van der Waals surface area contributed by atoms with Crippen molar-refractivity contribution in [2.45, 2.75) is 6.92 Å². The summed E-state index contributed by atoms with van der Waals surface area (Å²) in [6, 6.07) is 6.18. The van der Waals surface area contributed by atoms with Gasteiger partial charge in [-0.1, -0.05) is 6.07 Å². The van der Waals surface area contributed by atoms with Gasteiger partial charge in [0.2, 0.25) is 5.69 Å². The van der Waals surface area contributed by atoms with Gasteiger partial charge < -0.3 is 4.98 Å². The Hall–Kier alpha value is -3.76. The molecular formula is C13H11N7O4. The van der Waals surface area contributed by atoms with Crippen LogP contribution in [0.2, 0.25) is 0 Å². The fourth-order valence-electron chi connectivity index (χ4n) is 2.25. The lowest BCUT2D eigenvalue weighted by Gasteiger charge is -2.09. The van der Waals surface area contributed by atoms with Crippen LogP contribution in [0.4, 0.5) is 22.9 Å². The van der Waals surface area contributed by atoms with Crippen molar-refractivity contribution in [1.82, 2.24) is 15.0 Å². The first-order valence-electron chi connectivity index (χ1n) is 6.72. The summed E-state index contributed by atoms with van der Waals surface area (Å²) in [5, 5.41) is 22.8. The molecule has 0 aliphatic rings. The van der Waals surface area contributed by atoms with Crippen molar-refractivity contribution >= 4 is 33.9 Å². The summed E-state index contributed by atoms with van der Waals surface area (Å²) in [6.45, 7) is 1.61. The van der Waals surface area contributed by atoms with Crippen LogP contribution in [0.15, 0.2) is 30.5 Å². The maximum Gasteiger partial charge on any atom is 0.328 e. The molecule has 0 saturated carbocycles. The predicted octanol–water partition coefficient (Wildman–Crippen LogP) is 2.52. The first-order chi connectivity index (χ1) is 11.5. The molecule has 3 rings (SSSR count). The number of benzene rings is 1. The second kappa shape index (κ2) is 5.79. The van der Waals surface area contributed by atoms with Gasteiger partial charge >= 0.3 is 11.4 Å². The number of rotatable bonds is 5. The lowest BCUT2D eigenvalue weighted by Crippen LogP contribution is -2.13. The minimum absolute atomic E-state index is 0.0356. The van der Waals surface area contributed by atoms with Crippen LogP contribution < -0.4 is 10.9 Å². The van der Waals surface area contributed by atoms with Crippen LogP contribution in [0.1, 0.15) is 5.82 Å². The number of anilines is 2. The highest BCUT2D eigenvalue weighted by molar-refractivity contribution is 5.97. The van der Waals surface area contributed by atoms with E-state index in [1.807, 2.05) is 0 Å². The number of imidazole rings is 1. The zero-order valence-electron chi connectivity index (χ0n) is 12.3. The van der Waals surface area contributed by atoms with Crippen molar-refractivity contribution in [3.63, 3.8) is 0 Å². The molecule has 11 heteroatoms. The molecule has 0 unspecified atom stereocenters. The van der Waals surface area contributed by atoms with E-state index in [9.17, 15) is 20.2 Å². The fourth-order valence-corrected chi connectivity index (χ4v) is 2.25. The Balaban J connectivity index is 2.15. The minimum Gasteiger partial charge on any atom is -0.342 e. The summed E-state index contributed by atoms with van der Waals surface area (Å²) in [5.41, 5.74) is 4.13. The van der Waals surface area contributed by atoms with E-state index >= 15 is 0 Å². The van der Waals surface area contributed by atoms with Gasteiger partial charge in [0.05, 0.1) is 15.4 Å². The monoisotopic (exact) mass is 329 g/mol. The number of nitrogens with one attached hydrogen (secondary N) is 3. The molecule has 122 valence electrons. The van der Waals surface area contributed by atoms with E-state index < -0.39 is 21.2 Å². The van der Waals surface area contributed by atoms with Crippen molar-refractivity contribution < 1.29 is 9.85 Å². The lowest BCUT2D eigenvalue weighted by molar-refractivity contribution is -0.391. The van der Waals surface area contributed by atoms with Crippen molar-refractivity contribution in [2.24, 2.45) is 0 Å². The van der Waals surface area contributed by atoms with Gasteiger partial charge in [0, 0.05) is 12.3 Å². The summed E-state index contributed by atoms with van der Waals surface area (Å²) in [6.07, 6.45) is 1.51. The second-order valence-electron chi connectivity index (χ2n) is 4.82. The number of nitrogens with zero attached hydrogens (tertiary/aromatic N) is 4. The number of hydrogen-bond acceptors (Lipinski definition) is 8. The smallest absolute Gasteiger partial charge is 0.328 e. The molecule has 0 fully saturated rings. The average Bonchev–Trinajstić information content (AvgIpc) is 2.91. The Morgan fingerprint density at radius 2 is 1.96 bits per heavy atom. The molecule has 3 aromatic rings. The summed E-state index contributed by atoms with van der Waals surface area (Å²) < 4.78 is 0. The Labute approximate surface area is 134 Å². The molecule has 3 N–H and O–H groups in total. The van der Waals surface area contributed by atoms with E-state index in [1.54, 1.807) is 25.1 Å². The number of aryl methyl sites for hydroxylation is 1. The summed E-state index contributed by atoms with van der Waals surface area (Å²) in [5.74, 6) is 0.761. The number of hydrogen-bond donors (Lipinski definition) is 3. The highest BCUT2D eigenvalue weighted by Gasteiger charge is 2.31. The normalized spacial score (nSPS) is 10.5. The summed E-state index contributed by atoms with van der Waals surface area (Å²) in [4.78, 5) is 32.2. The summed E-state index contributed by atoms with van der Waals surface area (Å²) >= 11 is 0. The van der Waals surface area contributed by atoms with Crippen LogP contribution >= 0.6 is 0 Å². The molecule has 24 heavy (non-hydrogen) atoms. The van der Waals surface area contributed by atoms with E-state index in [4.69, 9.17) is 0 Å². The third-order valence-electron chi connectivity index (χ3n) is 3.21. The van der Waals surface area contributed by atoms with Crippen molar-refractivity contribution in [1.29, 1.82) is 0 Å². The molecule has 2 aromatic heterocycles. The topological polar surface area (TPSA) is 152 Å². The lowest BCUT2D eigenvalue weighted by atomic mass is 10.2. The molecule has 0 saturated heterocycles. The van der Waals surface area contributed by atoms with Gasteiger partial charge in [-0.3, -0.25) is 31.1 Å². The molecule has 0 aliphatic heterocycles. The van der Waals surface area contributed by atoms with E-state index in [-0.39, 0.29) is 16.7 Å². The van der Waals surface area contributed by atoms with Gasteiger partial charge in [0.25, 0.3) is 0 Å². The zero-order chi connectivity index (χ0) is 17.3. The molecule has 0 aliphatic carbocycles. The zero-order valence-corrected chi connectivity index (χ0v) is 12.3. The number of H-pyrrole nitrogens is 1. The van der Waals surface area contributed by atoms with Gasteiger partial charge in [-0.15, -0.1) is 0 Å². The average molecular weight is 329 g/mol. The maximum atomic E-state index is 11.5. The Bertz CT molecular complexity index is 938. The standard InChI is InChI=1S/C13H11N7O4/c1-7-15-8-6-9(19(21)22)12(13(20(23)24)11(8)16-7)18-17-10-4-2-3-5-14-10/h2-6,18H,1H3,(H,14,17)(H,15,16). The predicted molar refractivity (Wildman–Crippen MR) is 85.6 cm³/mol. The first-order valence-corrected chi connectivity index (χ1v) is 6.72. The van der Waals surface area contributed by atoms with Crippen LogP contribution in [-0.2, 0) is 0 Å². The van der Waals surface area contributed by atoms with Crippen LogP contribution in [0.3, 0.4) is 0 Å². The number of aromatic nitrogens is 3. The number of aromatic amines is 1. The second-order valence-corrected chi connectivity index (χ2v) is 4.82. The fraction of sp³-hybridized carbons (Fsp3) is 0.0769.